The molecule has 1 aliphatic carbocycles. The van der Waals surface area contributed by atoms with Crippen LogP contribution in [0.1, 0.15) is 24.8 Å². The standard InChI is InChI=1S/C13H13N3/c14-7-2-8-16(12-5-6-12)13-4-1-3-11(9-13)10-15/h1,3-4,9,12H,2,5-6,8H2. The van der Waals surface area contributed by atoms with Crippen molar-refractivity contribution in [3.63, 3.8) is 0 Å². The maximum Gasteiger partial charge on any atom is 0.0992 e. The maximum absolute atomic E-state index is 8.85. The van der Waals surface area contributed by atoms with Crippen LogP contribution in [0.4, 0.5) is 5.69 Å². The van der Waals surface area contributed by atoms with E-state index in [1.807, 2.05) is 18.2 Å². The summed E-state index contributed by atoms with van der Waals surface area (Å²) < 4.78 is 0. The van der Waals surface area contributed by atoms with E-state index in [-0.39, 0.29) is 0 Å². The van der Waals surface area contributed by atoms with Gasteiger partial charge >= 0.3 is 0 Å². The average molecular weight is 211 g/mol. The molecule has 0 saturated heterocycles. The van der Waals surface area contributed by atoms with Gasteiger partial charge in [0.15, 0.2) is 0 Å². The van der Waals surface area contributed by atoms with E-state index in [0.717, 1.165) is 12.2 Å². The third-order valence-electron chi connectivity index (χ3n) is 2.76. The molecular weight excluding hydrogens is 198 g/mol. The highest BCUT2D eigenvalue weighted by Crippen LogP contribution is 2.31. The number of hydrogen-bond acceptors (Lipinski definition) is 3. The Bertz CT molecular complexity index is 449. The third kappa shape index (κ3) is 2.32. The average Bonchev–Trinajstić information content (AvgIpc) is 3.14. The Hall–Kier alpha value is -2.00. The van der Waals surface area contributed by atoms with Crippen LogP contribution in [0, 0.1) is 22.7 Å². The van der Waals surface area contributed by atoms with Crippen LogP contribution in [-0.2, 0) is 0 Å². The molecule has 1 aromatic carbocycles. The largest absolute Gasteiger partial charge is 0.367 e. The summed E-state index contributed by atoms with van der Waals surface area (Å²) in [5.41, 5.74) is 1.75. The van der Waals surface area contributed by atoms with Crippen LogP contribution in [0.2, 0.25) is 0 Å². The molecule has 0 spiro atoms. The number of anilines is 1. The van der Waals surface area contributed by atoms with E-state index in [1.54, 1.807) is 6.07 Å². The smallest absolute Gasteiger partial charge is 0.0992 e. The zero-order valence-corrected chi connectivity index (χ0v) is 9.06. The fourth-order valence-electron chi connectivity index (χ4n) is 1.83. The molecule has 1 saturated carbocycles. The van der Waals surface area contributed by atoms with Crippen molar-refractivity contribution >= 4 is 5.69 Å². The van der Waals surface area contributed by atoms with Gasteiger partial charge in [0.25, 0.3) is 0 Å². The molecular formula is C13H13N3. The second-order valence-corrected chi connectivity index (χ2v) is 3.99. The first-order valence-electron chi connectivity index (χ1n) is 5.49. The minimum absolute atomic E-state index is 0.535. The third-order valence-corrected chi connectivity index (χ3v) is 2.76. The number of benzene rings is 1. The molecule has 0 atom stereocenters. The first-order valence-corrected chi connectivity index (χ1v) is 5.49. The Morgan fingerprint density at radius 2 is 2.12 bits per heavy atom. The van der Waals surface area contributed by atoms with Gasteiger partial charge in [-0.1, -0.05) is 6.07 Å². The van der Waals surface area contributed by atoms with Crippen molar-refractivity contribution in [2.75, 3.05) is 11.4 Å². The fourth-order valence-corrected chi connectivity index (χ4v) is 1.83. The number of nitriles is 2. The molecule has 0 bridgehead atoms. The van der Waals surface area contributed by atoms with Crippen LogP contribution < -0.4 is 4.90 Å². The molecule has 1 aliphatic rings. The lowest BCUT2D eigenvalue weighted by molar-refractivity contribution is 0.793. The fraction of sp³-hybridized carbons (Fsp3) is 0.385. The van der Waals surface area contributed by atoms with Crippen LogP contribution in [0.15, 0.2) is 24.3 Å². The lowest BCUT2D eigenvalue weighted by Gasteiger charge is -2.23. The van der Waals surface area contributed by atoms with Crippen LogP contribution >= 0.6 is 0 Å². The van der Waals surface area contributed by atoms with Crippen LogP contribution in [0.5, 0.6) is 0 Å². The Morgan fingerprint density at radius 3 is 2.75 bits per heavy atom. The predicted molar refractivity (Wildman–Crippen MR) is 61.8 cm³/mol. The highest BCUT2D eigenvalue weighted by Gasteiger charge is 2.28. The summed E-state index contributed by atoms with van der Waals surface area (Å²) in [4.78, 5) is 2.24. The summed E-state index contributed by atoms with van der Waals surface area (Å²) in [5, 5.41) is 17.5. The van der Waals surface area contributed by atoms with E-state index in [4.69, 9.17) is 10.5 Å². The van der Waals surface area contributed by atoms with Crippen molar-refractivity contribution in [3.8, 4) is 12.1 Å². The molecule has 0 unspecified atom stereocenters. The number of hydrogen-bond donors (Lipinski definition) is 0. The summed E-state index contributed by atoms with van der Waals surface area (Å²) >= 11 is 0. The zero-order valence-electron chi connectivity index (χ0n) is 9.06. The molecule has 0 N–H and O–H groups in total. The maximum atomic E-state index is 8.85. The van der Waals surface area contributed by atoms with Gasteiger partial charge in [0.05, 0.1) is 24.1 Å². The second kappa shape index (κ2) is 4.68. The number of nitrogens with zero attached hydrogens (tertiary/aromatic N) is 3. The molecule has 1 fully saturated rings. The topological polar surface area (TPSA) is 50.8 Å². The van der Waals surface area contributed by atoms with Gasteiger partial charge in [-0.05, 0) is 31.0 Å². The molecule has 3 heteroatoms. The molecule has 0 aliphatic heterocycles. The second-order valence-electron chi connectivity index (χ2n) is 3.99. The van der Waals surface area contributed by atoms with E-state index in [2.05, 4.69) is 17.0 Å². The van der Waals surface area contributed by atoms with Crippen molar-refractivity contribution in [1.82, 2.24) is 0 Å². The van der Waals surface area contributed by atoms with Gasteiger partial charge in [0, 0.05) is 18.3 Å². The van der Waals surface area contributed by atoms with Crippen LogP contribution in [-0.4, -0.2) is 12.6 Å². The van der Waals surface area contributed by atoms with Gasteiger partial charge in [-0.2, -0.15) is 10.5 Å². The summed E-state index contributed by atoms with van der Waals surface area (Å²) in [6.07, 6.45) is 2.93. The summed E-state index contributed by atoms with van der Waals surface area (Å²) in [5.74, 6) is 0. The van der Waals surface area contributed by atoms with Crippen molar-refractivity contribution in [1.29, 1.82) is 10.5 Å². The monoisotopic (exact) mass is 211 g/mol. The minimum Gasteiger partial charge on any atom is -0.367 e. The Balaban J connectivity index is 2.18. The van der Waals surface area contributed by atoms with Gasteiger partial charge in [0.2, 0.25) is 0 Å². The van der Waals surface area contributed by atoms with Crippen LogP contribution in [0.25, 0.3) is 0 Å². The summed E-state index contributed by atoms with van der Waals surface area (Å²) in [6.45, 7) is 0.760. The Kier molecular flexibility index (Phi) is 3.08. The normalized spacial score (nSPS) is 13.9. The van der Waals surface area contributed by atoms with Crippen LogP contribution in [0.3, 0.4) is 0 Å². The highest BCUT2D eigenvalue weighted by molar-refractivity contribution is 5.53. The first kappa shape index (κ1) is 10.5. The molecule has 1 aromatic rings. The Labute approximate surface area is 95.5 Å². The lowest BCUT2D eigenvalue weighted by atomic mass is 10.2. The van der Waals surface area contributed by atoms with Crippen molar-refractivity contribution < 1.29 is 0 Å². The van der Waals surface area contributed by atoms with Gasteiger partial charge in [-0.3, -0.25) is 0 Å². The SMILES string of the molecule is N#CCCN(c1cccc(C#N)c1)C1CC1. The van der Waals surface area contributed by atoms with E-state index in [9.17, 15) is 0 Å². The molecule has 0 amide bonds. The molecule has 80 valence electrons. The van der Waals surface area contributed by atoms with E-state index in [1.165, 1.54) is 12.8 Å². The van der Waals surface area contributed by atoms with Crippen molar-refractivity contribution in [2.24, 2.45) is 0 Å². The molecule has 0 aromatic heterocycles. The minimum atomic E-state index is 0.535. The quantitative estimate of drug-likeness (QED) is 0.768. The van der Waals surface area contributed by atoms with E-state index >= 15 is 0 Å². The van der Waals surface area contributed by atoms with E-state index in [0.29, 0.717) is 18.0 Å². The molecule has 16 heavy (non-hydrogen) atoms. The molecule has 3 nitrogen and oxygen atoms in total. The van der Waals surface area contributed by atoms with Crippen molar-refractivity contribution in [2.45, 2.75) is 25.3 Å². The van der Waals surface area contributed by atoms with Gasteiger partial charge < -0.3 is 4.90 Å². The van der Waals surface area contributed by atoms with Gasteiger partial charge in [-0.15, -0.1) is 0 Å². The molecule has 0 radical (unpaired) electrons. The molecule has 0 heterocycles. The predicted octanol–water partition coefficient (Wildman–Crippen LogP) is 2.44. The first-order chi connectivity index (χ1) is 7.85. The molecule has 2 rings (SSSR count). The number of rotatable bonds is 4. The Morgan fingerprint density at radius 1 is 1.31 bits per heavy atom. The van der Waals surface area contributed by atoms with Gasteiger partial charge in [-0.25, -0.2) is 0 Å². The summed E-state index contributed by atoms with van der Waals surface area (Å²) in [7, 11) is 0. The van der Waals surface area contributed by atoms with E-state index < -0.39 is 0 Å². The van der Waals surface area contributed by atoms with Crippen molar-refractivity contribution in [3.05, 3.63) is 29.8 Å². The summed E-state index contributed by atoms with van der Waals surface area (Å²) in [6, 6.07) is 12.5. The highest BCUT2D eigenvalue weighted by atomic mass is 15.2. The van der Waals surface area contributed by atoms with Gasteiger partial charge in [0.1, 0.15) is 0 Å². The lowest BCUT2D eigenvalue weighted by Crippen LogP contribution is -2.26. The zero-order chi connectivity index (χ0) is 11.4.